The largest absolute Gasteiger partial charge is 0.330 e. The third-order valence-corrected chi connectivity index (χ3v) is 2.56. The minimum atomic E-state index is 0.865. The molecule has 1 aromatic rings. The predicted molar refractivity (Wildman–Crippen MR) is 73.6 cm³/mol. The minimum absolute atomic E-state index is 0.865. The Morgan fingerprint density at radius 1 is 0.875 bits per heavy atom. The van der Waals surface area contributed by atoms with Gasteiger partial charge in [-0.25, -0.2) is 0 Å². The molecule has 0 amide bonds. The van der Waals surface area contributed by atoms with Crippen LogP contribution in [0.3, 0.4) is 0 Å². The summed E-state index contributed by atoms with van der Waals surface area (Å²) in [7, 11) is 0. The first-order valence-electron chi connectivity index (χ1n) is 6.59. The molecule has 1 nitrogen and oxygen atoms in total. The number of aryl methyl sites for hydroxylation is 1. The van der Waals surface area contributed by atoms with Gasteiger partial charge in [-0.05, 0) is 24.9 Å². The summed E-state index contributed by atoms with van der Waals surface area (Å²) in [6, 6.07) is 10.5. The predicted octanol–water partition coefficient (Wildman–Crippen LogP) is 4.16. The highest BCUT2D eigenvalue weighted by Crippen LogP contribution is 2.00. The van der Waals surface area contributed by atoms with Crippen molar-refractivity contribution in [1.82, 2.24) is 0 Å². The fourth-order valence-electron chi connectivity index (χ4n) is 1.46. The van der Waals surface area contributed by atoms with Gasteiger partial charge in [0.25, 0.3) is 0 Å². The lowest BCUT2D eigenvalue weighted by molar-refractivity contribution is 0.638. The SMILES string of the molecule is CCCCCCCN.CCc1ccccc1. The highest BCUT2D eigenvalue weighted by atomic mass is 14.5. The molecular formula is C15H27N. The molecule has 1 aromatic carbocycles. The van der Waals surface area contributed by atoms with Gasteiger partial charge in [-0.1, -0.05) is 69.9 Å². The van der Waals surface area contributed by atoms with Gasteiger partial charge in [-0.3, -0.25) is 0 Å². The highest BCUT2D eigenvalue weighted by molar-refractivity contribution is 5.13. The molecule has 1 heteroatoms. The van der Waals surface area contributed by atoms with Crippen LogP contribution in [0.1, 0.15) is 51.5 Å². The fourth-order valence-corrected chi connectivity index (χ4v) is 1.46. The van der Waals surface area contributed by atoms with E-state index < -0.39 is 0 Å². The third kappa shape index (κ3) is 9.72. The van der Waals surface area contributed by atoms with E-state index in [1.807, 2.05) is 6.07 Å². The van der Waals surface area contributed by atoms with Crippen LogP contribution >= 0.6 is 0 Å². The maximum Gasteiger partial charge on any atom is -0.00773 e. The lowest BCUT2D eigenvalue weighted by Crippen LogP contribution is -1.97. The van der Waals surface area contributed by atoms with Crippen LogP contribution in [0.25, 0.3) is 0 Å². The van der Waals surface area contributed by atoms with Gasteiger partial charge in [0.15, 0.2) is 0 Å². The van der Waals surface area contributed by atoms with Gasteiger partial charge in [0, 0.05) is 0 Å². The van der Waals surface area contributed by atoms with Crippen LogP contribution in [-0.2, 0) is 6.42 Å². The monoisotopic (exact) mass is 221 g/mol. The van der Waals surface area contributed by atoms with Crippen molar-refractivity contribution in [3.63, 3.8) is 0 Å². The van der Waals surface area contributed by atoms with E-state index in [0.29, 0.717) is 0 Å². The first kappa shape index (κ1) is 15.2. The molecule has 0 radical (unpaired) electrons. The number of unbranched alkanes of at least 4 members (excludes halogenated alkanes) is 4. The van der Waals surface area contributed by atoms with Crippen LogP contribution in [0.5, 0.6) is 0 Å². The van der Waals surface area contributed by atoms with Gasteiger partial charge in [0.05, 0.1) is 0 Å². The molecular weight excluding hydrogens is 194 g/mol. The molecule has 0 aromatic heterocycles. The minimum Gasteiger partial charge on any atom is -0.330 e. The van der Waals surface area contributed by atoms with Crippen LogP contribution in [0, 0.1) is 0 Å². The maximum absolute atomic E-state index is 5.31. The van der Waals surface area contributed by atoms with Crippen molar-refractivity contribution in [3.8, 4) is 0 Å². The van der Waals surface area contributed by atoms with Crippen LogP contribution in [0.4, 0.5) is 0 Å². The Hall–Kier alpha value is -0.820. The Morgan fingerprint density at radius 2 is 1.50 bits per heavy atom. The van der Waals surface area contributed by atoms with Crippen LogP contribution in [0.2, 0.25) is 0 Å². The zero-order valence-electron chi connectivity index (χ0n) is 10.9. The number of nitrogens with two attached hydrogens (primary N) is 1. The van der Waals surface area contributed by atoms with Crippen molar-refractivity contribution in [3.05, 3.63) is 35.9 Å². The zero-order valence-corrected chi connectivity index (χ0v) is 10.9. The first-order chi connectivity index (χ1) is 7.85. The molecule has 0 aliphatic rings. The van der Waals surface area contributed by atoms with Gasteiger partial charge >= 0.3 is 0 Å². The van der Waals surface area contributed by atoms with Gasteiger partial charge in [0.1, 0.15) is 0 Å². The second kappa shape index (κ2) is 12.3. The molecule has 1 rings (SSSR count). The summed E-state index contributed by atoms with van der Waals surface area (Å²) in [6.07, 6.45) is 7.74. The summed E-state index contributed by atoms with van der Waals surface area (Å²) in [6.45, 7) is 5.25. The van der Waals surface area contributed by atoms with E-state index >= 15 is 0 Å². The Balaban J connectivity index is 0.000000281. The number of hydrogen-bond donors (Lipinski definition) is 1. The van der Waals surface area contributed by atoms with E-state index in [1.54, 1.807) is 0 Å². The molecule has 0 aliphatic carbocycles. The molecule has 92 valence electrons. The molecule has 16 heavy (non-hydrogen) atoms. The zero-order chi connectivity index (χ0) is 12.1. The normalized spacial score (nSPS) is 9.44. The lowest BCUT2D eigenvalue weighted by atomic mass is 10.2. The first-order valence-corrected chi connectivity index (χ1v) is 6.59. The molecule has 2 N–H and O–H groups in total. The molecule has 0 fully saturated rings. The van der Waals surface area contributed by atoms with Gasteiger partial charge < -0.3 is 5.73 Å². The molecule has 0 unspecified atom stereocenters. The summed E-state index contributed by atoms with van der Waals surface area (Å²) < 4.78 is 0. The van der Waals surface area contributed by atoms with E-state index in [-0.39, 0.29) is 0 Å². The quantitative estimate of drug-likeness (QED) is 0.717. The lowest BCUT2D eigenvalue weighted by Gasteiger charge is -1.93. The fraction of sp³-hybridized carbons (Fsp3) is 0.600. The standard InChI is InChI=1S/C8H10.C7H17N/c1-2-8-6-4-3-5-7-8;1-2-3-4-5-6-7-8/h3-7H,2H2,1H3;2-8H2,1H3. The Labute approximate surface area is 101 Å². The van der Waals surface area contributed by atoms with Crippen molar-refractivity contribution < 1.29 is 0 Å². The Bertz CT molecular complexity index is 212. The van der Waals surface area contributed by atoms with Crippen molar-refractivity contribution in [2.75, 3.05) is 6.54 Å². The molecule has 0 saturated carbocycles. The summed E-state index contributed by atoms with van der Waals surface area (Å²) in [5.74, 6) is 0. The second-order valence-corrected chi connectivity index (χ2v) is 4.04. The van der Waals surface area contributed by atoms with Crippen molar-refractivity contribution >= 4 is 0 Å². The summed E-state index contributed by atoms with van der Waals surface area (Å²) in [5.41, 5.74) is 6.72. The number of rotatable bonds is 6. The molecule has 0 saturated heterocycles. The van der Waals surface area contributed by atoms with E-state index in [2.05, 4.69) is 38.1 Å². The van der Waals surface area contributed by atoms with Gasteiger partial charge in [0.2, 0.25) is 0 Å². The van der Waals surface area contributed by atoms with Crippen LogP contribution in [-0.4, -0.2) is 6.54 Å². The summed E-state index contributed by atoms with van der Waals surface area (Å²) >= 11 is 0. The average molecular weight is 221 g/mol. The summed E-state index contributed by atoms with van der Waals surface area (Å²) in [4.78, 5) is 0. The average Bonchev–Trinajstić information content (AvgIpc) is 2.36. The topological polar surface area (TPSA) is 26.0 Å². The van der Waals surface area contributed by atoms with Gasteiger partial charge in [-0.2, -0.15) is 0 Å². The van der Waals surface area contributed by atoms with Crippen LogP contribution in [0.15, 0.2) is 30.3 Å². The number of benzene rings is 1. The third-order valence-electron chi connectivity index (χ3n) is 2.56. The van der Waals surface area contributed by atoms with Crippen molar-refractivity contribution in [1.29, 1.82) is 0 Å². The molecule has 0 bridgehead atoms. The summed E-state index contributed by atoms with van der Waals surface area (Å²) in [5, 5.41) is 0. The van der Waals surface area contributed by atoms with Gasteiger partial charge in [-0.15, -0.1) is 0 Å². The molecule has 0 atom stereocenters. The highest BCUT2D eigenvalue weighted by Gasteiger charge is 1.83. The van der Waals surface area contributed by atoms with E-state index in [9.17, 15) is 0 Å². The van der Waals surface area contributed by atoms with Crippen LogP contribution < -0.4 is 5.73 Å². The molecule has 0 spiro atoms. The smallest absolute Gasteiger partial charge is 0.00773 e. The second-order valence-electron chi connectivity index (χ2n) is 4.04. The Morgan fingerprint density at radius 3 is 1.94 bits per heavy atom. The maximum atomic E-state index is 5.31. The van der Waals surface area contributed by atoms with Crippen molar-refractivity contribution in [2.45, 2.75) is 52.4 Å². The molecule has 0 heterocycles. The van der Waals surface area contributed by atoms with Crippen molar-refractivity contribution in [2.24, 2.45) is 5.73 Å². The van der Waals surface area contributed by atoms with E-state index in [1.165, 1.54) is 37.7 Å². The van der Waals surface area contributed by atoms with E-state index in [4.69, 9.17) is 5.73 Å². The molecule has 0 aliphatic heterocycles. The Kier molecular flexibility index (Phi) is 11.6. The number of hydrogen-bond acceptors (Lipinski definition) is 1. The van der Waals surface area contributed by atoms with E-state index in [0.717, 1.165) is 13.0 Å².